The number of carbonyl (C=O) groups is 6. The number of unbranched alkanes of at least 4 members (excludes halogenated alkanes) is 25. The maximum atomic E-state index is 14.1. The van der Waals surface area contributed by atoms with Gasteiger partial charge in [-0.15, -0.1) is 0 Å². The molecule has 15 heteroatoms. The molecule has 0 bridgehead atoms. The van der Waals surface area contributed by atoms with Gasteiger partial charge < -0.3 is 44.4 Å². The van der Waals surface area contributed by atoms with Crippen LogP contribution in [0.4, 0.5) is 0 Å². The van der Waals surface area contributed by atoms with Gasteiger partial charge in [-0.2, -0.15) is 0 Å². The van der Waals surface area contributed by atoms with Crippen LogP contribution < -0.4 is 16.0 Å². The van der Waals surface area contributed by atoms with Crippen LogP contribution in [0.5, 0.6) is 0 Å². The molecule has 15 nitrogen and oxygen atoms in total. The Morgan fingerprint density at radius 1 is 0.500 bits per heavy atom. The van der Waals surface area contributed by atoms with Crippen LogP contribution in [0.1, 0.15) is 296 Å². The maximum absolute atomic E-state index is 14.1. The lowest BCUT2D eigenvalue weighted by molar-refractivity contribution is -0.151. The minimum absolute atomic E-state index is 0.00212. The number of ether oxygens (including phenoxy) is 6. The minimum atomic E-state index is -1.28. The smallest absolute Gasteiger partial charge is 0.308 e. The van der Waals surface area contributed by atoms with Gasteiger partial charge in [0.1, 0.15) is 25.4 Å². The lowest BCUT2D eigenvalue weighted by atomic mass is 10.0. The van der Waals surface area contributed by atoms with Crippen molar-refractivity contribution in [3.63, 3.8) is 0 Å². The van der Waals surface area contributed by atoms with Crippen LogP contribution in [0, 0.1) is 0 Å². The summed E-state index contributed by atoms with van der Waals surface area (Å²) >= 11 is 0. The summed E-state index contributed by atoms with van der Waals surface area (Å²) in [6.45, 7) is 11.4. The van der Waals surface area contributed by atoms with Crippen molar-refractivity contribution < 1.29 is 57.2 Å². The van der Waals surface area contributed by atoms with Gasteiger partial charge in [0.05, 0.1) is 50.7 Å². The second-order valence-electron chi connectivity index (χ2n) is 25.3. The predicted molar refractivity (Wildman–Crippen MR) is 351 cm³/mol. The molecule has 0 saturated carbocycles. The summed E-state index contributed by atoms with van der Waals surface area (Å²) in [4.78, 5) is 82.0. The normalized spacial score (nSPS) is 15.0. The molecular weight excluding hydrogens is 1110 g/mol. The largest absolute Gasteiger partial charge is 0.463 e. The van der Waals surface area contributed by atoms with Crippen LogP contribution in [-0.2, 0) is 70.4 Å². The van der Waals surface area contributed by atoms with Crippen LogP contribution in [0.15, 0.2) is 60.7 Å². The topological polar surface area (TPSA) is 194 Å². The second-order valence-corrected chi connectivity index (χ2v) is 25.3. The summed E-state index contributed by atoms with van der Waals surface area (Å²) in [5.74, 6) is -3.27. The van der Waals surface area contributed by atoms with Crippen LogP contribution >= 0.6 is 0 Å². The Morgan fingerprint density at radius 3 is 1.52 bits per heavy atom. The van der Waals surface area contributed by atoms with Crippen molar-refractivity contribution in [3.05, 3.63) is 71.8 Å². The molecule has 0 radical (unpaired) electrons. The summed E-state index contributed by atoms with van der Waals surface area (Å²) in [5, 5.41) is 8.86. The molecule has 2 aromatic rings. The lowest BCUT2D eigenvalue weighted by Gasteiger charge is -2.23. The van der Waals surface area contributed by atoms with Crippen molar-refractivity contribution in [2.24, 2.45) is 0 Å². The Kier molecular flexibility index (Phi) is 44.7. The summed E-state index contributed by atoms with van der Waals surface area (Å²) in [5.41, 5.74) is 1.81. The molecule has 2 aromatic carbocycles. The average Bonchev–Trinajstić information content (AvgIpc) is 3.90. The van der Waals surface area contributed by atoms with Crippen molar-refractivity contribution in [2.75, 3.05) is 19.8 Å². The minimum Gasteiger partial charge on any atom is -0.463 e. The molecule has 1 saturated heterocycles. The fourth-order valence-electron chi connectivity index (χ4n) is 11.2. The van der Waals surface area contributed by atoms with Crippen LogP contribution in [0.3, 0.4) is 0 Å². The summed E-state index contributed by atoms with van der Waals surface area (Å²) in [6, 6.07) is 17.3. The number of esters is 3. The molecule has 88 heavy (non-hydrogen) atoms. The Morgan fingerprint density at radius 2 is 0.977 bits per heavy atom. The zero-order valence-corrected chi connectivity index (χ0v) is 55.7. The SMILES string of the molecule is CCCCCCCCCCCC(=O)O[C@H](CCCCCCCCCCC)CC(=O)N[C@@H](CC(=O)OCc1ccccc1)C(=O)NCCC[C@H](COC(=O)CCCCC1COC(C)(C)O1)NC(=O)C[C@H](CCCCCCCCCCC)OCc1ccccc1. The Balaban J connectivity index is 1.70. The maximum Gasteiger partial charge on any atom is 0.308 e. The fourth-order valence-corrected chi connectivity index (χ4v) is 11.2. The first-order valence-electron chi connectivity index (χ1n) is 35.2. The molecule has 0 aliphatic carbocycles. The first-order chi connectivity index (χ1) is 42.8. The van der Waals surface area contributed by atoms with Crippen LogP contribution in [0.25, 0.3) is 0 Å². The monoisotopic (exact) mass is 1230 g/mol. The van der Waals surface area contributed by atoms with E-state index in [4.69, 9.17) is 28.4 Å². The average molecular weight is 1230 g/mol. The van der Waals surface area contributed by atoms with Crippen molar-refractivity contribution >= 4 is 35.6 Å². The van der Waals surface area contributed by atoms with Gasteiger partial charge in [-0.25, -0.2) is 0 Å². The van der Waals surface area contributed by atoms with E-state index in [1.165, 1.54) is 103 Å². The molecular formula is C73H121N3O12. The van der Waals surface area contributed by atoms with Gasteiger partial charge in [0.25, 0.3) is 0 Å². The zero-order valence-electron chi connectivity index (χ0n) is 55.7. The Hall–Kier alpha value is -4.86. The van der Waals surface area contributed by atoms with E-state index >= 15 is 0 Å². The third-order valence-corrected chi connectivity index (χ3v) is 16.5. The molecule has 1 fully saturated rings. The molecule has 1 heterocycles. The molecule has 3 amide bonds. The van der Waals surface area contributed by atoms with Crippen molar-refractivity contribution in [2.45, 2.75) is 334 Å². The summed E-state index contributed by atoms with van der Waals surface area (Å²) in [6.07, 6.45) is 34.1. The molecule has 0 spiro atoms. The number of hydrogen-bond acceptors (Lipinski definition) is 12. The van der Waals surface area contributed by atoms with Crippen LogP contribution in [-0.4, -0.2) is 91.6 Å². The number of nitrogens with one attached hydrogen (secondary N) is 3. The molecule has 500 valence electrons. The molecule has 5 atom stereocenters. The van der Waals surface area contributed by atoms with E-state index < -0.39 is 48.2 Å². The van der Waals surface area contributed by atoms with E-state index in [9.17, 15) is 28.8 Å². The number of hydrogen-bond donors (Lipinski definition) is 3. The molecule has 1 aliphatic rings. The highest BCUT2D eigenvalue weighted by molar-refractivity contribution is 5.91. The van der Waals surface area contributed by atoms with Crippen LogP contribution in [0.2, 0.25) is 0 Å². The number of rotatable bonds is 56. The van der Waals surface area contributed by atoms with E-state index in [1.807, 2.05) is 74.5 Å². The molecule has 3 N–H and O–H groups in total. The summed E-state index contributed by atoms with van der Waals surface area (Å²) in [7, 11) is 0. The van der Waals surface area contributed by atoms with Gasteiger partial charge in [-0.3, -0.25) is 28.8 Å². The standard InChI is InChI=1S/C73H121N3O12/c1-6-9-12-15-18-21-24-27-36-47-63(83-56-60-42-32-30-33-43-60)53-67(77)75-62(58-85-69(79)50-40-39-49-65-59-86-73(4,5)88-65)46-41-52-74-72(82)66(55-71(81)84-57-61-44-34-31-35-45-61)76-68(78)54-64(48-37-28-25-22-19-16-13-10-7-2)87-70(80)51-38-29-26-23-20-17-14-11-8-3/h30-35,42-45,62-66H,6-29,36-41,46-59H2,1-5H3,(H,74,82)(H,75,77)(H,76,78)/t62-,63+,64-,65?,66+/m1/s1. The predicted octanol–water partition coefficient (Wildman–Crippen LogP) is 16.3. The number of amides is 3. The highest BCUT2D eigenvalue weighted by Crippen LogP contribution is 2.26. The Labute approximate surface area is 532 Å². The second kappa shape index (κ2) is 50.8. The molecule has 1 unspecified atom stereocenters. The molecule has 0 aromatic heterocycles. The molecule has 3 rings (SSSR count). The van der Waals surface area contributed by atoms with Gasteiger partial charge in [-0.05, 0) is 76.3 Å². The van der Waals surface area contributed by atoms with Gasteiger partial charge >= 0.3 is 17.9 Å². The highest BCUT2D eigenvalue weighted by atomic mass is 16.7. The lowest BCUT2D eigenvalue weighted by Crippen LogP contribution is -2.49. The van der Waals surface area contributed by atoms with E-state index in [0.29, 0.717) is 38.9 Å². The third-order valence-electron chi connectivity index (χ3n) is 16.5. The fraction of sp³-hybridized carbons (Fsp3) is 0.753. The zero-order chi connectivity index (χ0) is 63.6. The van der Waals surface area contributed by atoms with Gasteiger partial charge in [0.15, 0.2) is 5.79 Å². The van der Waals surface area contributed by atoms with Crippen molar-refractivity contribution in [3.8, 4) is 0 Å². The first kappa shape index (κ1) is 77.4. The third kappa shape index (κ3) is 41.4. The summed E-state index contributed by atoms with van der Waals surface area (Å²) < 4.78 is 35.5. The van der Waals surface area contributed by atoms with E-state index in [2.05, 4.69) is 36.7 Å². The van der Waals surface area contributed by atoms with E-state index in [1.54, 1.807) is 0 Å². The van der Waals surface area contributed by atoms with Gasteiger partial charge in [0, 0.05) is 19.4 Å². The quantitative estimate of drug-likeness (QED) is 0.0323. The van der Waals surface area contributed by atoms with Crippen molar-refractivity contribution in [1.82, 2.24) is 16.0 Å². The van der Waals surface area contributed by atoms with Gasteiger partial charge in [-0.1, -0.05) is 248 Å². The number of benzene rings is 2. The molecule has 1 aliphatic heterocycles. The van der Waals surface area contributed by atoms with E-state index in [-0.39, 0.29) is 75.5 Å². The van der Waals surface area contributed by atoms with E-state index in [0.717, 1.165) is 101 Å². The van der Waals surface area contributed by atoms with Gasteiger partial charge in [0.2, 0.25) is 17.7 Å². The highest BCUT2D eigenvalue weighted by Gasteiger charge is 2.32. The first-order valence-corrected chi connectivity index (χ1v) is 35.2. The number of carbonyl (C=O) groups excluding carboxylic acids is 6. The Bertz CT molecular complexity index is 2110. The van der Waals surface area contributed by atoms with Crippen molar-refractivity contribution in [1.29, 1.82) is 0 Å².